The number of halogens is 5. The van der Waals surface area contributed by atoms with Gasteiger partial charge in [0.15, 0.2) is 11.6 Å². The zero-order valence-electron chi connectivity index (χ0n) is 23.9. The number of carbonyl (C=O) groups is 1. The van der Waals surface area contributed by atoms with E-state index in [4.69, 9.17) is 4.74 Å². The van der Waals surface area contributed by atoms with Crippen LogP contribution in [0.3, 0.4) is 0 Å². The molecule has 1 aliphatic heterocycles. The number of anilines is 1. The first kappa shape index (κ1) is 31.5. The van der Waals surface area contributed by atoms with Crippen LogP contribution in [0.15, 0.2) is 66.7 Å². The molecule has 1 atom stereocenters. The normalized spacial score (nSPS) is 15.5. The number of likely N-dealkylation sites (tertiary alicyclic amines) is 1. The van der Waals surface area contributed by atoms with Gasteiger partial charge in [0.25, 0.3) is 0 Å². The van der Waals surface area contributed by atoms with E-state index in [9.17, 15) is 26.7 Å². The van der Waals surface area contributed by atoms with E-state index in [0.29, 0.717) is 36.5 Å². The highest BCUT2D eigenvalue weighted by atomic mass is 19.4. The summed E-state index contributed by atoms with van der Waals surface area (Å²) in [6, 6.07) is 15.7. The Kier molecular flexibility index (Phi) is 10.6. The van der Waals surface area contributed by atoms with Gasteiger partial charge in [-0.1, -0.05) is 38.1 Å². The minimum atomic E-state index is -4.63. The van der Waals surface area contributed by atoms with Crippen LogP contribution < -0.4 is 10.1 Å². The Labute approximate surface area is 243 Å². The Morgan fingerprint density at radius 3 is 2.36 bits per heavy atom. The second kappa shape index (κ2) is 14.1. The Bertz CT molecular complexity index is 1320. The standard InChI is InChI=1S/C33H37F5N2O2/c1-22(2)32(41)39-28-7-5-6-25(20-28)23-15-18-40(19-16-23)17-4-3-8-30(24-9-12-27(34)13-10-24)42-31-21-26(33(36,37)38)11-14-29(31)35/h5-7,9-14,20-23,30H,3-4,8,15-19H2,1-2H3,(H,39,41). The molecule has 9 heteroatoms. The van der Waals surface area contributed by atoms with E-state index in [2.05, 4.69) is 22.3 Å². The van der Waals surface area contributed by atoms with Crippen LogP contribution in [0, 0.1) is 17.6 Å². The molecule has 1 unspecified atom stereocenters. The summed E-state index contributed by atoms with van der Waals surface area (Å²) < 4.78 is 73.3. The second-order valence-corrected chi connectivity index (χ2v) is 11.2. The molecule has 0 aliphatic carbocycles. The summed E-state index contributed by atoms with van der Waals surface area (Å²) in [5, 5.41) is 2.97. The first-order chi connectivity index (χ1) is 20.0. The van der Waals surface area contributed by atoms with E-state index < -0.39 is 35.2 Å². The lowest BCUT2D eigenvalue weighted by molar-refractivity contribution is -0.137. The smallest absolute Gasteiger partial charge is 0.416 e. The number of benzene rings is 3. The number of alkyl halides is 3. The molecule has 0 saturated carbocycles. The van der Waals surface area contributed by atoms with Crippen molar-refractivity contribution in [2.45, 2.75) is 64.1 Å². The van der Waals surface area contributed by atoms with E-state index in [1.807, 2.05) is 26.0 Å². The zero-order valence-corrected chi connectivity index (χ0v) is 23.9. The van der Waals surface area contributed by atoms with Crippen LogP contribution >= 0.6 is 0 Å². The van der Waals surface area contributed by atoms with Gasteiger partial charge in [-0.2, -0.15) is 13.2 Å². The lowest BCUT2D eigenvalue weighted by Gasteiger charge is -2.32. The van der Waals surface area contributed by atoms with Crippen LogP contribution in [0.5, 0.6) is 5.75 Å². The first-order valence-electron chi connectivity index (χ1n) is 14.4. The molecule has 1 fully saturated rings. The SMILES string of the molecule is CC(C)C(=O)Nc1cccc(C2CCN(CCCCC(Oc3cc(C(F)(F)F)ccc3F)c3ccc(F)cc3)CC2)c1. The van der Waals surface area contributed by atoms with Crippen molar-refractivity contribution in [3.05, 3.63) is 95.1 Å². The maximum atomic E-state index is 14.4. The van der Waals surface area contributed by atoms with Crippen molar-refractivity contribution in [3.63, 3.8) is 0 Å². The maximum Gasteiger partial charge on any atom is 0.416 e. The summed E-state index contributed by atoms with van der Waals surface area (Å²) in [5.41, 5.74) is 1.61. The van der Waals surface area contributed by atoms with Crippen LogP contribution in [-0.4, -0.2) is 30.4 Å². The summed E-state index contributed by atoms with van der Waals surface area (Å²) in [7, 11) is 0. The summed E-state index contributed by atoms with van der Waals surface area (Å²) in [4.78, 5) is 14.5. The molecule has 1 N–H and O–H groups in total. The lowest BCUT2D eigenvalue weighted by Crippen LogP contribution is -2.33. The van der Waals surface area contributed by atoms with Crippen molar-refractivity contribution in [3.8, 4) is 5.75 Å². The third-order valence-corrected chi connectivity index (χ3v) is 7.70. The van der Waals surface area contributed by atoms with E-state index in [1.54, 1.807) is 0 Å². The molecule has 3 aromatic carbocycles. The van der Waals surface area contributed by atoms with E-state index in [1.165, 1.54) is 29.8 Å². The molecule has 42 heavy (non-hydrogen) atoms. The van der Waals surface area contributed by atoms with Gasteiger partial charge in [0.05, 0.1) is 5.56 Å². The fraction of sp³-hybridized carbons (Fsp3) is 0.424. The highest BCUT2D eigenvalue weighted by Gasteiger charge is 2.32. The van der Waals surface area contributed by atoms with Gasteiger partial charge in [-0.25, -0.2) is 8.78 Å². The van der Waals surface area contributed by atoms with Crippen molar-refractivity contribution in [1.29, 1.82) is 0 Å². The predicted molar refractivity (Wildman–Crippen MR) is 153 cm³/mol. The number of amides is 1. The van der Waals surface area contributed by atoms with Crippen LogP contribution in [0.2, 0.25) is 0 Å². The molecule has 1 aliphatic rings. The number of piperidine rings is 1. The number of rotatable bonds is 11. The van der Waals surface area contributed by atoms with Crippen molar-refractivity contribution >= 4 is 11.6 Å². The number of hydrogen-bond donors (Lipinski definition) is 1. The molecule has 0 spiro atoms. The van der Waals surface area contributed by atoms with Crippen molar-refractivity contribution in [1.82, 2.24) is 4.90 Å². The van der Waals surface area contributed by atoms with Crippen molar-refractivity contribution in [2.75, 3.05) is 25.0 Å². The van der Waals surface area contributed by atoms with Crippen molar-refractivity contribution in [2.24, 2.45) is 5.92 Å². The Morgan fingerprint density at radius 2 is 1.69 bits per heavy atom. The molecule has 0 aromatic heterocycles. The largest absolute Gasteiger partial charge is 0.483 e. The van der Waals surface area contributed by atoms with Gasteiger partial charge in [-0.15, -0.1) is 0 Å². The summed E-state index contributed by atoms with van der Waals surface area (Å²) in [6.07, 6.45) is -1.40. The number of carbonyl (C=O) groups excluding carboxylic acids is 1. The topological polar surface area (TPSA) is 41.6 Å². The number of nitrogens with one attached hydrogen (secondary N) is 1. The molecule has 4 rings (SSSR count). The fourth-order valence-electron chi connectivity index (χ4n) is 5.21. The minimum Gasteiger partial charge on any atom is -0.483 e. The first-order valence-corrected chi connectivity index (χ1v) is 14.4. The summed E-state index contributed by atoms with van der Waals surface area (Å²) in [6.45, 7) is 6.44. The highest BCUT2D eigenvalue weighted by molar-refractivity contribution is 5.92. The van der Waals surface area contributed by atoms with Gasteiger partial charge in [0.1, 0.15) is 11.9 Å². The van der Waals surface area contributed by atoms with Gasteiger partial charge in [-0.3, -0.25) is 4.79 Å². The van der Waals surface area contributed by atoms with Crippen LogP contribution in [0.25, 0.3) is 0 Å². The minimum absolute atomic E-state index is 0.00556. The summed E-state index contributed by atoms with van der Waals surface area (Å²) >= 11 is 0. The van der Waals surface area contributed by atoms with Crippen LogP contribution in [0.1, 0.15) is 74.7 Å². The molecule has 1 saturated heterocycles. The van der Waals surface area contributed by atoms with E-state index in [-0.39, 0.29) is 11.8 Å². The quantitative estimate of drug-likeness (QED) is 0.180. The highest BCUT2D eigenvalue weighted by Crippen LogP contribution is 2.35. The Morgan fingerprint density at radius 1 is 0.976 bits per heavy atom. The number of hydrogen-bond acceptors (Lipinski definition) is 3. The second-order valence-electron chi connectivity index (χ2n) is 11.2. The van der Waals surface area contributed by atoms with Gasteiger partial charge in [0, 0.05) is 11.6 Å². The maximum absolute atomic E-state index is 14.4. The molecule has 0 radical (unpaired) electrons. The third-order valence-electron chi connectivity index (χ3n) is 7.70. The molecular weight excluding hydrogens is 551 g/mol. The number of unbranched alkanes of at least 4 members (excludes halogenated alkanes) is 1. The molecule has 4 nitrogen and oxygen atoms in total. The number of ether oxygens (including phenoxy) is 1. The Balaban J connectivity index is 1.30. The Hall–Kier alpha value is -3.46. The fourth-order valence-corrected chi connectivity index (χ4v) is 5.21. The van der Waals surface area contributed by atoms with E-state index in [0.717, 1.165) is 50.7 Å². The average Bonchev–Trinajstić information content (AvgIpc) is 2.96. The monoisotopic (exact) mass is 588 g/mol. The molecule has 1 heterocycles. The van der Waals surface area contributed by atoms with Gasteiger partial charge in [-0.05, 0) is 111 Å². The molecule has 3 aromatic rings. The van der Waals surface area contributed by atoms with Gasteiger partial charge >= 0.3 is 6.18 Å². The lowest BCUT2D eigenvalue weighted by atomic mass is 9.89. The predicted octanol–water partition coefficient (Wildman–Crippen LogP) is 8.75. The molecule has 0 bridgehead atoms. The van der Waals surface area contributed by atoms with Crippen molar-refractivity contribution < 1.29 is 31.5 Å². The summed E-state index contributed by atoms with van der Waals surface area (Å²) in [5.74, 6) is -1.49. The number of nitrogens with zero attached hydrogens (tertiary/aromatic N) is 1. The zero-order chi connectivity index (χ0) is 30.3. The van der Waals surface area contributed by atoms with Gasteiger partial charge < -0.3 is 15.0 Å². The van der Waals surface area contributed by atoms with Crippen LogP contribution in [-0.2, 0) is 11.0 Å². The van der Waals surface area contributed by atoms with Crippen LogP contribution in [0.4, 0.5) is 27.6 Å². The van der Waals surface area contributed by atoms with E-state index >= 15 is 0 Å². The molecule has 1 amide bonds. The third kappa shape index (κ3) is 8.77. The van der Waals surface area contributed by atoms with Gasteiger partial charge in [0.2, 0.25) is 5.91 Å². The molecule has 226 valence electrons. The molecular formula is C33H37F5N2O2. The average molecular weight is 589 g/mol.